The molecule has 5 nitrogen and oxygen atoms in total. The highest BCUT2D eigenvalue weighted by Gasteiger charge is 2.28. The van der Waals surface area contributed by atoms with E-state index in [0.29, 0.717) is 11.5 Å². The number of allylic oxidation sites excluding steroid dienone is 1. The summed E-state index contributed by atoms with van der Waals surface area (Å²) in [6.07, 6.45) is 0.991. The molecule has 1 atom stereocenters. The molecule has 0 radical (unpaired) electrons. The summed E-state index contributed by atoms with van der Waals surface area (Å²) < 4.78 is 11.0. The summed E-state index contributed by atoms with van der Waals surface area (Å²) in [5.41, 5.74) is 3.12. The van der Waals surface area contributed by atoms with Gasteiger partial charge in [0.25, 0.3) is 0 Å². The first kappa shape index (κ1) is 17.2. The Hall–Kier alpha value is -2.11. The van der Waals surface area contributed by atoms with Crippen LogP contribution in [0.25, 0.3) is 5.76 Å². The lowest BCUT2D eigenvalue weighted by Crippen LogP contribution is -2.14. The largest absolute Gasteiger partial charge is 0.480 e. The van der Waals surface area contributed by atoms with Gasteiger partial charge in [-0.05, 0) is 18.9 Å². The third kappa shape index (κ3) is 5.23. The lowest BCUT2D eigenvalue weighted by Gasteiger charge is -2.14. The Bertz CT molecular complexity index is 600. The number of hydrogen-bond donors (Lipinski definition) is 2. The van der Waals surface area contributed by atoms with Crippen molar-refractivity contribution in [2.24, 2.45) is 0 Å². The summed E-state index contributed by atoms with van der Waals surface area (Å²) in [5, 5.41) is 11.8. The molecular weight excluding hydrogens is 294 g/mol. The molecule has 1 fully saturated rings. The van der Waals surface area contributed by atoms with E-state index in [4.69, 9.17) is 14.6 Å². The smallest absolute Gasteiger partial charge is 0.329 e. The molecule has 2 N–H and O–H groups in total. The molecule has 0 saturated carbocycles. The topological polar surface area (TPSA) is 77.7 Å². The second-order valence-electron chi connectivity index (χ2n) is 5.50. The second kappa shape index (κ2) is 7.94. The van der Waals surface area contributed by atoms with Gasteiger partial charge in [-0.3, -0.25) is 0 Å². The molecule has 0 aromatic heterocycles. The van der Waals surface area contributed by atoms with Gasteiger partial charge in [-0.25, -0.2) is 4.79 Å². The summed E-state index contributed by atoms with van der Waals surface area (Å²) >= 11 is 0. The summed E-state index contributed by atoms with van der Waals surface area (Å²) in [6, 6.07) is 8.29. The minimum atomic E-state index is -0.980. The second-order valence-corrected chi connectivity index (χ2v) is 5.50. The minimum absolute atomic E-state index is 0.194. The third-order valence-corrected chi connectivity index (χ3v) is 3.72. The van der Waals surface area contributed by atoms with E-state index in [2.05, 4.69) is 31.0 Å². The van der Waals surface area contributed by atoms with Crippen molar-refractivity contribution >= 4 is 11.7 Å². The molecule has 1 aliphatic heterocycles. The van der Waals surface area contributed by atoms with E-state index in [1.807, 2.05) is 19.1 Å². The molecule has 0 aliphatic carbocycles. The Morgan fingerprint density at radius 3 is 2.52 bits per heavy atom. The van der Waals surface area contributed by atoms with Gasteiger partial charge in [-0.15, -0.1) is 0 Å². The molecule has 2 rings (SSSR count). The molecule has 124 valence electrons. The monoisotopic (exact) mass is 317 g/mol. The molecule has 0 spiro atoms. The molecule has 1 unspecified atom stereocenters. The Balaban J connectivity index is 2.01. The maximum Gasteiger partial charge on any atom is 0.329 e. The number of carbonyl (C=O) groups is 1. The van der Waals surface area contributed by atoms with Crippen molar-refractivity contribution in [2.45, 2.75) is 26.3 Å². The van der Waals surface area contributed by atoms with Crippen LogP contribution in [0.3, 0.4) is 0 Å². The van der Waals surface area contributed by atoms with Crippen LogP contribution in [0.2, 0.25) is 0 Å². The number of hydrogen-bond acceptors (Lipinski definition) is 4. The van der Waals surface area contributed by atoms with Crippen LogP contribution >= 0.6 is 0 Å². The fourth-order valence-electron chi connectivity index (χ4n) is 2.24. The van der Waals surface area contributed by atoms with E-state index < -0.39 is 5.97 Å². The van der Waals surface area contributed by atoms with E-state index in [1.165, 1.54) is 5.56 Å². The molecule has 23 heavy (non-hydrogen) atoms. The highest BCUT2D eigenvalue weighted by molar-refractivity contribution is 5.68. The van der Waals surface area contributed by atoms with Gasteiger partial charge in [-0.1, -0.05) is 37.8 Å². The zero-order chi connectivity index (χ0) is 16.8. The van der Waals surface area contributed by atoms with Crippen LogP contribution in [0.1, 0.15) is 25.0 Å². The lowest BCUT2D eigenvalue weighted by atomic mass is 10.1. The van der Waals surface area contributed by atoms with E-state index >= 15 is 0 Å². The van der Waals surface area contributed by atoms with Crippen molar-refractivity contribution in [3.05, 3.63) is 53.3 Å². The van der Waals surface area contributed by atoms with Crippen molar-refractivity contribution in [3.8, 4) is 0 Å². The number of benzene rings is 1. The van der Waals surface area contributed by atoms with E-state index in [-0.39, 0.29) is 19.3 Å². The van der Waals surface area contributed by atoms with E-state index in [9.17, 15) is 4.79 Å². The fraction of sp³-hybridized carbons (Fsp3) is 0.389. The van der Waals surface area contributed by atoms with Crippen LogP contribution in [0.4, 0.5) is 0 Å². The maximum atomic E-state index is 10.5. The van der Waals surface area contributed by atoms with Crippen LogP contribution < -0.4 is 5.32 Å². The van der Waals surface area contributed by atoms with Crippen LogP contribution in [0.15, 0.2) is 42.2 Å². The molecule has 0 amide bonds. The number of rotatable bonds is 9. The predicted octanol–water partition coefficient (Wildman–Crippen LogP) is 2.58. The number of carboxylic acids is 1. The quantitative estimate of drug-likeness (QED) is 0.541. The standard InChI is InChI=1S/C18H23NO4/c1-4-14-5-7-15(8-6-14)12(2)23-13(3)16(17-9-19-17)10-22-11-18(20)21/h5-8,17,19H,2,4,9-11H2,1,3H3,(H,20,21)/b16-13-. The summed E-state index contributed by atoms with van der Waals surface area (Å²) in [7, 11) is 0. The molecular formula is C18H23NO4. The third-order valence-electron chi connectivity index (χ3n) is 3.72. The first-order valence-corrected chi connectivity index (χ1v) is 7.70. The average molecular weight is 317 g/mol. The van der Waals surface area contributed by atoms with Gasteiger partial charge in [0.1, 0.15) is 18.1 Å². The lowest BCUT2D eigenvalue weighted by molar-refractivity contribution is -0.141. The van der Waals surface area contributed by atoms with E-state index in [0.717, 1.165) is 24.1 Å². The molecule has 1 aliphatic rings. The number of aryl methyl sites for hydroxylation is 1. The number of carboxylic acid groups (broad SMARTS) is 1. The molecule has 1 heterocycles. The van der Waals surface area contributed by atoms with Crippen molar-refractivity contribution < 1.29 is 19.4 Å². The SMILES string of the molecule is C=C(O/C(C)=C(/COCC(=O)O)C1CN1)c1ccc(CC)cc1. The van der Waals surface area contributed by atoms with Crippen LogP contribution in [-0.2, 0) is 20.7 Å². The van der Waals surface area contributed by atoms with Gasteiger partial charge in [-0.2, -0.15) is 0 Å². The first-order chi connectivity index (χ1) is 11.0. The zero-order valence-electron chi connectivity index (χ0n) is 13.6. The molecule has 1 aromatic carbocycles. The predicted molar refractivity (Wildman–Crippen MR) is 88.9 cm³/mol. The van der Waals surface area contributed by atoms with Crippen LogP contribution in [0.5, 0.6) is 0 Å². The van der Waals surface area contributed by atoms with Crippen LogP contribution in [0, 0.1) is 0 Å². The Morgan fingerprint density at radius 1 is 1.35 bits per heavy atom. The summed E-state index contributed by atoms with van der Waals surface area (Å²) in [5.74, 6) is 0.295. The van der Waals surface area contributed by atoms with Crippen molar-refractivity contribution in [1.29, 1.82) is 0 Å². The fourth-order valence-corrected chi connectivity index (χ4v) is 2.24. The summed E-state index contributed by atoms with van der Waals surface area (Å²) in [6.45, 7) is 8.71. The molecule has 5 heteroatoms. The number of aliphatic carboxylic acids is 1. The van der Waals surface area contributed by atoms with Gasteiger partial charge >= 0.3 is 5.97 Å². The van der Waals surface area contributed by atoms with Gasteiger partial charge in [0.05, 0.1) is 6.61 Å². The maximum absolute atomic E-state index is 10.5. The average Bonchev–Trinajstić information content (AvgIpc) is 3.36. The number of nitrogens with one attached hydrogen (secondary N) is 1. The Morgan fingerprint density at radius 2 is 2.00 bits per heavy atom. The Kier molecular flexibility index (Phi) is 5.96. The van der Waals surface area contributed by atoms with Crippen molar-refractivity contribution in [2.75, 3.05) is 19.8 Å². The molecule has 1 aromatic rings. The highest BCUT2D eigenvalue weighted by Crippen LogP contribution is 2.23. The first-order valence-electron chi connectivity index (χ1n) is 7.70. The Labute approximate surface area is 136 Å². The highest BCUT2D eigenvalue weighted by atomic mass is 16.5. The molecule has 1 saturated heterocycles. The van der Waals surface area contributed by atoms with Crippen molar-refractivity contribution in [1.82, 2.24) is 5.32 Å². The van der Waals surface area contributed by atoms with Gasteiger partial charge in [0, 0.05) is 23.7 Å². The van der Waals surface area contributed by atoms with Crippen LogP contribution in [-0.4, -0.2) is 36.9 Å². The van der Waals surface area contributed by atoms with E-state index in [1.54, 1.807) is 0 Å². The van der Waals surface area contributed by atoms with Gasteiger partial charge < -0.3 is 19.9 Å². The minimum Gasteiger partial charge on any atom is -0.480 e. The van der Waals surface area contributed by atoms with Crippen molar-refractivity contribution in [3.63, 3.8) is 0 Å². The number of ether oxygens (including phenoxy) is 2. The molecule has 0 bridgehead atoms. The van der Waals surface area contributed by atoms with Gasteiger partial charge in [0.15, 0.2) is 0 Å². The van der Waals surface area contributed by atoms with Gasteiger partial charge in [0.2, 0.25) is 0 Å². The summed E-state index contributed by atoms with van der Waals surface area (Å²) in [4.78, 5) is 10.5. The normalized spacial score (nSPS) is 17.4. The zero-order valence-corrected chi connectivity index (χ0v) is 13.6.